The number of unbranched alkanes of at least 4 members (excludes halogenated alkanes) is 1. The van der Waals surface area contributed by atoms with E-state index in [-0.39, 0.29) is 11.4 Å². The molecule has 1 saturated heterocycles. The second-order valence-corrected chi connectivity index (χ2v) is 8.13. The molecule has 1 rings (SSSR count). The van der Waals surface area contributed by atoms with Gasteiger partial charge in [0.2, 0.25) is 0 Å². The van der Waals surface area contributed by atoms with E-state index in [1.807, 2.05) is 21.6 Å². The van der Waals surface area contributed by atoms with E-state index in [0.717, 1.165) is 12.8 Å². The molecule has 1 aliphatic heterocycles. The maximum Gasteiger partial charge on any atom is 0.306 e. The highest BCUT2D eigenvalue weighted by Crippen LogP contribution is 2.49. The molecule has 0 saturated carbocycles. The Morgan fingerprint density at radius 1 is 1.56 bits per heavy atom. The minimum Gasteiger partial charge on any atom is -0.452 e. The zero-order valence-electron chi connectivity index (χ0n) is 9.90. The molecule has 16 heavy (non-hydrogen) atoms. The quantitative estimate of drug-likeness (QED) is 0.262. The van der Waals surface area contributed by atoms with E-state index in [2.05, 4.69) is 19.6 Å². The van der Waals surface area contributed by atoms with Crippen LogP contribution in [0, 0.1) is 0 Å². The molecule has 0 N–H and O–H groups in total. The SMILES string of the molecule is CC(S)OC(=O)CCCCC1(C)CCSS1. The van der Waals surface area contributed by atoms with Crippen molar-refractivity contribution in [2.24, 2.45) is 0 Å². The number of thiol groups is 1. The van der Waals surface area contributed by atoms with Gasteiger partial charge in [-0.1, -0.05) is 28.0 Å². The Morgan fingerprint density at radius 3 is 2.88 bits per heavy atom. The third kappa shape index (κ3) is 5.73. The van der Waals surface area contributed by atoms with Gasteiger partial charge >= 0.3 is 5.97 Å². The molecule has 2 atom stereocenters. The van der Waals surface area contributed by atoms with Crippen LogP contribution in [0.5, 0.6) is 0 Å². The highest BCUT2D eigenvalue weighted by molar-refractivity contribution is 8.77. The van der Waals surface area contributed by atoms with Crippen molar-refractivity contribution < 1.29 is 9.53 Å². The van der Waals surface area contributed by atoms with E-state index in [4.69, 9.17) is 4.74 Å². The molecule has 0 aromatic carbocycles. The van der Waals surface area contributed by atoms with Crippen LogP contribution < -0.4 is 0 Å². The van der Waals surface area contributed by atoms with Crippen LogP contribution in [-0.2, 0) is 9.53 Å². The Morgan fingerprint density at radius 2 is 2.31 bits per heavy atom. The molecule has 94 valence electrons. The summed E-state index contributed by atoms with van der Waals surface area (Å²) in [5, 5.41) is 0. The summed E-state index contributed by atoms with van der Waals surface area (Å²) in [4.78, 5) is 11.2. The fraction of sp³-hybridized carbons (Fsp3) is 0.909. The van der Waals surface area contributed by atoms with Gasteiger partial charge in [-0.25, -0.2) is 0 Å². The first kappa shape index (κ1) is 14.6. The summed E-state index contributed by atoms with van der Waals surface area (Å²) in [6.07, 6.45) is 5.06. The number of hydrogen-bond donors (Lipinski definition) is 1. The zero-order chi connectivity index (χ0) is 12.0. The van der Waals surface area contributed by atoms with Gasteiger partial charge in [-0.15, -0.1) is 12.6 Å². The first-order chi connectivity index (χ1) is 7.52. The highest BCUT2D eigenvalue weighted by atomic mass is 33.1. The fourth-order valence-corrected chi connectivity index (χ4v) is 5.08. The fourth-order valence-electron chi connectivity index (χ4n) is 1.67. The molecule has 0 amide bonds. The van der Waals surface area contributed by atoms with Gasteiger partial charge in [0.15, 0.2) is 0 Å². The van der Waals surface area contributed by atoms with Crippen LogP contribution >= 0.6 is 34.2 Å². The predicted octanol–water partition coefficient (Wildman–Crippen LogP) is 3.91. The maximum atomic E-state index is 11.2. The van der Waals surface area contributed by atoms with Crippen molar-refractivity contribution in [2.45, 2.75) is 56.1 Å². The average Bonchev–Trinajstić information content (AvgIpc) is 2.59. The van der Waals surface area contributed by atoms with E-state index in [0.29, 0.717) is 11.2 Å². The van der Waals surface area contributed by atoms with Gasteiger partial charge in [-0.2, -0.15) is 0 Å². The average molecular weight is 280 g/mol. The molecule has 0 aliphatic carbocycles. The van der Waals surface area contributed by atoms with Crippen LogP contribution in [0.2, 0.25) is 0 Å². The van der Waals surface area contributed by atoms with Crippen LogP contribution in [0.4, 0.5) is 0 Å². The van der Waals surface area contributed by atoms with E-state index in [1.54, 1.807) is 6.92 Å². The molecular weight excluding hydrogens is 260 g/mol. The van der Waals surface area contributed by atoms with Crippen LogP contribution in [0.3, 0.4) is 0 Å². The first-order valence-corrected chi connectivity index (χ1v) is 8.53. The standard InChI is InChI=1S/C11H20O2S3/c1-9(14)13-10(12)5-3-4-6-11(2)7-8-15-16-11/h9,14H,3-8H2,1-2H3. The van der Waals surface area contributed by atoms with Gasteiger partial charge in [0.25, 0.3) is 0 Å². The van der Waals surface area contributed by atoms with Gasteiger partial charge < -0.3 is 4.74 Å². The number of carbonyl (C=O) groups is 1. The second-order valence-electron chi connectivity index (χ2n) is 4.40. The summed E-state index contributed by atoms with van der Waals surface area (Å²) < 4.78 is 5.40. The lowest BCUT2D eigenvalue weighted by Crippen LogP contribution is -2.16. The summed E-state index contributed by atoms with van der Waals surface area (Å²) in [7, 11) is 3.97. The molecule has 0 aromatic rings. The second kappa shape index (κ2) is 7.07. The monoisotopic (exact) mass is 280 g/mol. The van der Waals surface area contributed by atoms with E-state index >= 15 is 0 Å². The minimum atomic E-state index is -0.285. The Bertz CT molecular complexity index is 225. The van der Waals surface area contributed by atoms with Crippen LogP contribution in [0.1, 0.15) is 46.0 Å². The van der Waals surface area contributed by atoms with Crippen molar-refractivity contribution in [3.63, 3.8) is 0 Å². The number of esters is 1. The number of rotatable bonds is 6. The van der Waals surface area contributed by atoms with Gasteiger partial charge in [0.1, 0.15) is 5.44 Å². The summed E-state index contributed by atoms with van der Waals surface area (Å²) in [5.74, 6) is 1.14. The van der Waals surface area contributed by atoms with Crippen molar-refractivity contribution in [1.82, 2.24) is 0 Å². The molecule has 1 fully saturated rings. The van der Waals surface area contributed by atoms with Crippen molar-refractivity contribution in [3.8, 4) is 0 Å². The molecule has 5 heteroatoms. The summed E-state index contributed by atoms with van der Waals surface area (Å²) in [5.41, 5.74) is -0.285. The molecule has 1 heterocycles. The smallest absolute Gasteiger partial charge is 0.306 e. The summed E-state index contributed by atoms with van der Waals surface area (Å²) in [6, 6.07) is 0. The molecule has 2 unspecified atom stereocenters. The van der Waals surface area contributed by atoms with E-state index in [9.17, 15) is 4.79 Å². The third-order valence-corrected chi connectivity index (χ3v) is 6.08. The Hall–Kier alpha value is 0.520. The van der Waals surface area contributed by atoms with Crippen LogP contribution in [0.15, 0.2) is 0 Å². The maximum absolute atomic E-state index is 11.2. The van der Waals surface area contributed by atoms with E-state index in [1.165, 1.54) is 18.6 Å². The number of carbonyl (C=O) groups excluding carboxylic acids is 1. The van der Waals surface area contributed by atoms with Crippen molar-refractivity contribution >= 4 is 40.2 Å². The molecule has 0 aromatic heterocycles. The van der Waals surface area contributed by atoms with Crippen molar-refractivity contribution in [3.05, 3.63) is 0 Å². The number of hydrogen-bond acceptors (Lipinski definition) is 5. The molecule has 2 nitrogen and oxygen atoms in total. The zero-order valence-corrected chi connectivity index (χ0v) is 12.4. The summed E-state index contributed by atoms with van der Waals surface area (Å²) in [6.45, 7) is 4.08. The van der Waals surface area contributed by atoms with Crippen LogP contribution in [0.25, 0.3) is 0 Å². The Kier molecular flexibility index (Phi) is 6.44. The normalized spacial score (nSPS) is 26.7. The lowest BCUT2D eigenvalue weighted by atomic mass is 9.99. The molecule has 0 bridgehead atoms. The Labute approximate surface area is 111 Å². The van der Waals surface area contributed by atoms with Crippen LogP contribution in [-0.4, -0.2) is 21.9 Å². The molecule has 0 spiro atoms. The first-order valence-electron chi connectivity index (χ1n) is 5.70. The Balaban J connectivity index is 2.05. The molecular formula is C11H20O2S3. The minimum absolute atomic E-state index is 0.124. The van der Waals surface area contributed by atoms with Gasteiger partial charge in [0, 0.05) is 16.9 Å². The van der Waals surface area contributed by atoms with E-state index < -0.39 is 0 Å². The van der Waals surface area contributed by atoms with Crippen molar-refractivity contribution in [2.75, 3.05) is 5.75 Å². The van der Waals surface area contributed by atoms with Gasteiger partial charge in [-0.05, 0) is 33.1 Å². The number of ether oxygens (including phenoxy) is 1. The molecule has 1 aliphatic rings. The largest absolute Gasteiger partial charge is 0.452 e. The summed E-state index contributed by atoms with van der Waals surface area (Å²) >= 11 is 4.02. The van der Waals surface area contributed by atoms with Gasteiger partial charge in [-0.3, -0.25) is 4.79 Å². The lowest BCUT2D eigenvalue weighted by Gasteiger charge is -2.20. The van der Waals surface area contributed by atoms with Crippen molar-refractivity contribution in [1.29, 1.82) is 0 Å². The highest BCUT2D eigenvalue weighted by Gasteiger charge is 2.29. The third-order valence-electron chi connectivity index (χ3n) is 2.61. The predicted molar refractivity (Wildman–Crippen MR) is 76.1 cm³/mol. The van der Waals surface area contributed by atoms with Gasteiger partial charge in [0.05, 0.1) is 0 Å². The molecule has 0 radical (unpaired) electrons. The lowest BCUT2D eigenvalue weighted by molar-refractivity contribution is -0.144. The topological polar surface area (TPSA) is 26.3 Å².